The van der Waals surface area contributed by atoms with Gasteiger partial charge in [-0.1, -0.05) is 11.8 Å². The third-order valence-corrected chi connectivity index (χ3v) is 3.14. The Labute approximate surface area is 123 Å². The van der Waals surface area contributed by atoms with Gasteiger partial charge >= 0.3 is 0 Å². The molecule has 0 aliphatic heterocycles. The summed E-state index contributed by atoms with van der Waals surface area (Å²) >= 11 is 1.08. The van der Waals surface area contributed by atoms with Gasteiger partial charge in [-0.15, -0.1) is 5.10 Å². The van der Waals surface area contributed by atoms with E-state index in [2.05, 4.69) is 26.4 Å². The van der Waals surface area contributed by atoms with Crippen LogP contribution in [0.15, 0.2) is 29.4 Å². The predicted octanol–water partition coefficient (Wildman–Crippen LogP) is 0.0608. The van der Waals surface area contributed by atoms with Crippen LogP contribution in [0, 0.1) is 5.82 Å². The van der Waals surface area contributed by atoms with Crippen molar-refractivity contribution < 1.29 is 14.0 Å². The van der Waals surface area contributed by atoms with Crippen LogP contribution in [0.2, 0.25) is 0 Å². The molecule has 0 saturated heterocycles. The molecule has 0 aliphatic carbocycles. The monoisotopic (exact) mass is 310 g/mol. The Hall–Kier alpha value is -2.49. The van der Waals surface area contributed by atoms with E-state index in [-0.39, 0.29) is 17.5 Å². The van der Waals surface area contributed by atoms with E-state index in [0.717, 1.165) is 11.8 Å². The second kappa shape index (κ2) is 6.79. The summed E-state index contributed by atoms with van der Waals surface area (Å²) in [7, 11) is 0. The lowest BCUT2D eigenvalue weighted by Gasteiger charge is -2.05. The lowest BCUT2D eigenvalue weighted by atomic mass is 10.3. The molecule has 110 valence electrons. The Bertz CT molecular complexity index is 644. The number of rotatable bonds is 4. The van der Waals surface area contributed by atoms with Gasteiger partial charge in [-0.2, -0.15) is 4.68 Å². The first-order valence-electron chi connectivity index (χ1n) is 5.79. The zero-order valence-electron chi connectivity index (χ0n) is 10.9. The minimum absolute atomic E-state index is 0.0157. The van der Waals surface area contributed by atoms with Gasteiger partial charge in [0.15, 0.2) is 0 Å². The standard InChI is InChI=1S/C11H11FN6O2S/c1-7(19)13-14-10(20)6-21-11-15-16-17-18(11)9-4-2-8(12)3-5-9/h2-5H,6H2,1H3,(H,13,19)(H,14,20). The summed E-state index contributed by atoms with van der Waals surface area (Å²) in [5.41, 5.74) is 4.98. The van der Waals surface area contributed by atoms with E-state index in [1.807, 2.05) is 0 Å². The molecule has 1 aromatic carbocycles. The Kier molecular flexibility index (Phi) is 4.82. The molecule has 0 atom stereocenters. The van der Waals surface area contributed by atoms with Crippen LogP contribution < -0.4 is 10.9 Å². The van der Waals surface area contributed by atoms with Crippen LogP contribution in [-0.4, -0.2) is 37.8 Å². The number of thioether (sulfide) groups is 1. The molecule has 0 unspecified atom stereocenters. The smallest absolute Gasteiger partial charge is 0.248 e. The molecule has 0 aliphatic rings. The third-order valence-electron chi connectivity index (χ3n) is 2.22. The number of tetrazole rings is 1. The fraction of sp³-hybridized carbons (Fsp3) is 0.182. The van der Waals surface area contributed by atoms with Gasteiger partial charge in [0.05, 0.1) is 11.4 Å². The first-order chi connectivity index (χ1) is 10.1. The van der Waals surface area contributed by atoms with Gasteiger partial charge in [-0.3, -0.25) is 20.4 Å². The van der Waals surface area contributed by atoms with Crippen molar-refractivity contribution in [3.8, 4) is 5.69 Å². The van der Waals surface area contributed by atoms with Gasteiger partial charge in [0, 0.05) is 6.92 Å². The van der Waals surface area contributed by atoms with Gasteiger partial charge < -0.3 is 0 Å². The van der Waals surface area contributed by atoms with E-state index in [1.165, 1.54) is 35.9 Å². The van der Waals surface area contributed by atoms with Crippen LogP contribution in [-0.2, 0) is 9.59 Å². The normalized spacial score (nSPS) is 10.2. The Morgan fingerprint density at radius 3 is 2.67 bits per heavy atom. The number of nitrogens with one attached hydrogen (secondary N) is 2. The average Bonchev–Trinajstić information content (AvgIpc) is 2.92. The summed E-state index contributed by atoms with van der Waals surface area (Å²) in [4.78, 5) is 22.1. The number of amides is 2. The zero-order valence-corrected chi connectivity index (χ0v) is 11.7. The van der Waals surface area contributed by atoms with E-state index in [9.17, 15) is 14.0 Å². The van der Waals surface area contributed by atoms with Crippen molar-refractivity contribution in [2.24, 2.45) is 0 Å². The van der Waals surface area contributed by atoms with Gasteiger partial charge in [0.1, 0.15) is 5.82 Å². The molecule has 8 nitrogen and oxygen atoms in total. The molecular weight excluding hydrogens is 299 g/mol. The lowest BCUT2D eigenvalue weighted by Crippen LogP contribution is -2.41. The van der Waals surface area contributed by atoms with Gasteiger partial charge in [0.25, 0.3) is 0 Å². The predicted molar refractivity (Wildman–Crippen MR) is 71.8 cm³/mol. The van der Waals surface area contributed by atoms with Crippen LogP contribution in [0.3, 0.4) is 0 Å². The summed E-state index contributed by atoms with van der Waals surface area (Å²) in [6, 6.07) is 5.62. The topological polar surface area (TPSA) is 102 Å². The number of benzene rings is 1. The molecule has 1 aromatic heterocycles. The minimum atomic E-state index is -0.399. The number of halogens is 1. The van der Waals surface area contributed by atoms with Crippen molar-refractivity contribution in [2.45, 2.75) is 12.1 Å². The summed E-state index contributed by atoms with van der Waals surface area (Å²) in [5.74, 6) is -1.12. The molecule has 0 bridgehead atoms. The maximum Gasteiger partial charge on any atom is 0.248 e. The Morgan fingerprint density at radius 1 is 1.29 bits per heavy atom. The highest BCUT2D eigenvalue weighted by atomic mass is 32.2. The summed E-state index contributed by atoms with van der Waals surface area (Å²) in [5, 5.41) is 11.5. The summed E-state index contributed by atoms with van der Waals surface area (Å²) in [6.45, 7) is 1.28. The van der Waals surface area contributed by atoms with E-state index in [0.29, 0.717) is 10.8 Å². The molecule has 2 amide bonds. The third kappa shape index (κ3) is 4.24. The first kappa shape index (κ1) is 14.9. The van der Waals surface area contributed by atoms with Crippen molar-refractivity contribution in [3.05, 3.63) is 30.1 Å². The summed E-state index contributed by atoms with van der Waals surface area (Å²) in [6.07, 6.45) is 0. The van der Waals surface area contributed by atoms with Crippen LogP contribution in [0.5, 0.6) is 0 Å². The number of nitrogens with zero attached hydrogens (tertiary/aromatic N) is 4. The number of hydrogen-bond acceptors (Lipinski definition) is 6. The Morgan fingerprint density at radius 2 is 2.00 bits per heavy atom. The second-order valence-corrected chi connectivity index (χ2v) is 4.81. The van der Waals surface area contributed by atoms with Crippen molar-refractivity contribution >= 4 is 23.6 Å². The van der Waals surface area contributed by atoms with Crippen LogP contribution >= 0.6 is 11.8 Å². The summed E-state index contributed by atoms with van der Waals surface area (Å²) < 4.78 is 14.3. The zero-order chi connectivity index (χ0) is 15.2. The van der Waals surface area contributed by atoms with E-state index in [1.54, 1.807) is 0 Å². The van der Waals surface area contributed by atoms with Gasteiger partial charge in [-0.05, 0) is 34.7 Å². The molecule has 0 fully saturated rings. The molecule has 0 spiro atoms. The molecule has 21 heavy (non-hydrogen) atoms. The number of carbonyl (C=O) groups excluding carboxylic acids is 2. The highest BCUT2D eigenvalue weighted by Gasteiger charge is 2.11. The van der Waals surface area contributed by atoms with Crippen molar-refractivity contribution in [1.29, 1.82) is 0 Å². The van der Waals surface area contributed by atoms with Crippen LogP contribution in [0.1, 0.15) is 6.92 Å². The lowest BCUT2D eigenvalue weighted by molar-refractivity contribution is -0.126. The maximum absolute atomic E-state index is 12.9. The number of hydrogen-bond donors (Lipinski definition) is 2. The highest BCUT2D eigenvalue weighted by molar-refractivity contribution is 7.99. The molecule has 10 heteroatoms. The fourth-order valence-electron chi connectivity index (χ4n) is 1.34. The van der Waals surface area contributed by atoms with Gasteiger partial charge in [-0.25, -0.2) is 4.39 Å². The number of aromatic nitrogens is 4. The fourth-order valence-corrected chi connectivity index (χ4v) is 2.03. The molecule has 2 aromatic rings. The molecule has 1 heterocycles. The molecule has 0 radical (unpaired) electrons. The van der Waals surface area contributed by atoms with Gasteiger partial charge in [0.2, 0.25) is 17.0 Å². The number of hydrazine groups is 1. The first-order valence-corrected chi connectivity index (χ1v) is 6.77. The van der Waals surface area contributed by atoms with Crippen molar-refractivity contribution in [2.75, 3.05) is 5.75 Å². The molecule has 0 saturated carbocycles. The quantitative estimate of drug-likeness (QED) is 0.612. The number of carbonyl (C=O) groups is 2. The van der Waals surface area contributed by atoms with E-state index in [4.69, 9.17) is 0 Å². The average molecular weight is 310 g/mol. The second-order valence-electron chi connectivity index (χ2n) is 3.87. The Balaban J connectivity index is 1.99. The highest BCUT2D eigenvalue weighted by Crippen LogP contribution is 2.17. The van der Waals surface area contributed by atoms with Crippen molar-refractivity contribution in [3.63, 3.8) is 0 Å². The maximum atomic E-state index is 12.9. The largest absolute Gasteiger partial charge is 0.274 e. The van der Waals surface area contributed by atoms with Crippen LogP contribution in [0.25, 0.3) is 5.69 Å². The molecular formula is C11H11FN6O2S. The van der Waals surface area contributed by atoms with E-state index >= 15 is 0 Å². The molecule has 2 N–H and O–H groups in total. The van der Waals surface area contributed by atoms with Crippen molar-refractivity contribution in [1.82, 2.24) is 31.1 Å². The van der Waals surface area contributed by atoms with Crippen LogP contribution in [0.4, 0.5) is 4.39 Å². The van der Waals surface area contributed by atoms with E-state index < -0.39 is 5.91 Å². The SMILES string of the molecule is CC(=O)NNC(=O)CSc1nnnn1-c1ccc(F)cc1. The molecule has 2 rings (SSSR count). The minimum Gasteiger partial charge on any atom is -0.274 e.